The third kappa shape index (κ3) is 3.91. The summed E-state index contributed by atoms with van der Waals surface area (Å²) in [5.74, 6) is 4.84. The first kappa shape index (κ1) is 21.4. The number of hydrogen-bond donors (Lipinski definition) is 1. The van der Waals surface area contributed by atoms with Gasteiger partial charge in [-0.15, -0.1) is 0 Å². The second-order valence-corrected chi connectivity index (χ2v) is 11.5. The largest absolute Gasteiger partial charge is 0.312 e. The van der Waals surface area contributed by atoms with Crippen molar-refractivity contribution in [1.82, 2.24) is 5.32 Å². The number of fused-ring (bicyclic) bond motifs is 5. The van der Waals surface area contributed by atoms with E-state index in [0.29, 0.717) is 23.4 Å². The van der Waals surface area contributed by atoms with Crippen LogP contribution in [-0.2, 0) is 4.79 Å². The van der Waals surface area contributed by atoms with Crippen LogP contribution in [0.3, 0.4) is 0 Å². The molecule has 0 aromatic heterocycles. The minimum atomic E-state index is 0.275. The van der Waals surface area contributed by atoms with Crippen molar-refractivity contribution in [2.45, 2.75) is 103 Å². The standard InChI is InChI=1S/C26H42N2O/c1-17(2)28-21-11-12-26(3)20(15-21)14-19(16-27)25-23-8-7-18(6-4-5-13-29)22(23)9-10-24(25)26/h13,17-25,28H,4-12,14-15H2,1-3H3. The van der Waals surface area contributed by atoms with Crippen molar-refractivity contribution in [3.63, 3.8) is 0 Å². The van der Waals surface area contributed by atoms with E-state index in [1.54, 1.807) is 0 Å². The number of aldehydes is 1. The molecule has 4 aliphatic carbocycles. The van der Waals surface area contributed by atoms with E-state index < -0.39 is 0 Å². The average Bonchev–Trinajstić information content (AvgIpc) is 3.11. The minimum Gasteiger partial charge on any atom is -0.312 e. The fourth-order valence-electron chi connectivity index (χ4n) is 8.64. The second kappa shape index (κ2) is 8.70. The van der Waals surface area contributed by atoms with Gasteiger partial charge >= 0.3 is 0 Å². The summed E-state index contributed by atoms with van der Waals surface area (Å²) in [7, 11) is 0. The lowest BCUT2D eigenvalue weighted by Crippen LogP contribution is -2.56. The molecule has 29 heavy (non-hydrogen) atoms. The Morgan fingerprint density at radius 3 is 2.66 bits per heavy atom. The number of nitriles is 1. The molecule has 0 heterocycles. The third-order valence-electron chi connectivity index (χ3n) is 9.81. The second-order valence-electron chi connectivity index (χ2n) is 11.5. The highest BCUT2D eigenvalue weighted by Crippen LogP contribution is 2.65. The molecular weight excluding hydrogens is 356 g/mol. The lowest BCUT2D eigenvalue weighted by Gasteiger charge is -2.60. The fourth-order valence-corrected chi connectivity index (χ4v) is 8.64. The van der Waals surface area contributed by atoms with E-state index in [9.17, 15) is 10.1 Å². The maximum atomic E-state index is 10.7. The molecule has 0 aromatic carbocycles. The maximum Gasteiger partial charge on any atom is 0.119 e. The van der Waals surface area contributed by atoms with E-state index in [4.69, 9.17) is 0 Å². The highest BCUT2D eigenvalue weighted by molar-refractivity contribution is 5.48. The van der Waals surface area contributed by atoms with Crippen LogP contribution in [0.4, 0.5) is 0 Å². The Bertz CT molecular complexity index is 625. The molecule has 0 aromatic rings. The number of carbonyl (C=O) groups is 1. The molecule has 0 radical (unpaired) electrons. The summed E-state index contributed by atoms with van der Waals surface area (Å²) in [4.78, 5) is 10.7. The smallest absolute Gasteiger partial charge is 0.119 e. The monoisotopic (exact) mass is 398 g/mol. The molecule has 0 aliphatic heterocycles. The van der Waals surface area contributed by atoms with Crippen molar-refractivity contribution in [3.05, 3.63) is 0 Å². The molecule has 3 nitrogen and oxygen atoms in total. The fraction of sp³-hybridized carbons (Fsp3) is 0.923. The Labute approximate surface area is 178 Å². The van der Waals surface area contributed by atoms with Crippen molar-refractivity contribution in [3.8, 4) is 6.07 Å². The van der Waals surface area contributed by atoms with E-state index in [2.05, 4.69) is 32.2 Å². The van der Waals surface area contributed by atoms with Crippen molar-refractivity contribution in [2.24, 2.45) is 46.8 Å². The Morgan fingerprint density at radius 1 is 1.14 bits per heavy atom. The number of nitrogens with one attached hydrogen (secondary N) is 1. The molecule has 0 saturated heterocycles. The Morgan fingerprint density at radius 2 is 1.93 bits per heavy atom. The lowest BCUT2D eigenvalue weighted by atomic mass is 9.44. The Hall–Kier alpha value is -0.880. The molecule has 0 bridgehead atoms. The number of hydrogen-bond acceptors (Lipinski definition) is 3. The molecule has 0 amide bonds. The van der Waals surface area contributed by atoms with Crippen molar-refractivity contribution < 1.29 is 4.79 Å². The Kier molecular flexibility index (Phi) is 6.41. The molecule has 0 spiro atoms. The van der Waals surface area contributed by atoms with E-state index in [1.165, 1.54) is 51.4 Å². The van der Waals surface area contributed by atoms with Gasteiger partial charge in [-0.3, -0.25) is 0 Å². The number of carbonyl (C=O) groups excluding carboxylic acids is 1. The van der Waals surface area contributed by atoms with Crippen LogP contribution in [0.5, 0.6) is 0 Å². The topological polar surface area (TPSA) is 52.9 Å². The van der Waals surface area contributed by atoms with Crippen LogP contribution >= 0.6 is 0 Å². The number of nitrogens with zero attached hydrogens (tertiary/aromatic N) is 1. The molecule has 4 fully saturated rings. The van der Waals surface area contributed by atoms with Gasteiger partial charge in [0.05, 0.1) is 6.07 Å². The van der Waals surface area contributed by atoms with Crippen LogP contribution in [0.1, 0.15) is 91.4 Å². The van der Waals surface area contributed by atoms with Gasteiger partial charge in [0.1, 0.15) is 6.29 Å². The van der Waals surface area contributed by atoms with E-state index in [1.807, 2.05) is 0 Å². The molecule has 4 rings (SSSR count). The quantitative estimate of drug-likeness (QED) is 0.458. The van der Waals surface area contributed by atoms with Gasteiger partial charge in [0.15, 0.2) is 0 Å². The molecule has 1 N–H and O–H groups in total. The molecule has 9 unspecified atom stereocenters. The first-order valence-corrected chi connectivity index (χ1v) is 12.6. The minimum absolute atomic E-state index is 0.275. The molecule has 4 aliphatic rings. The highest BCUT2D eigenvalue weighted by Gasteiger charge is 2.59. The highest BCUT2D eigenvalue weighted by atomic mass is 16.1. The van der Waals surface area contributed by atoms with Gasteiger partial charge < -0.3 is 10.1 Å². The van der Waals surface area contributed by atoms with Crippen LogP contribution < -0.4 is 5.32 Å². The lowest BCUT2D eigenvalue weighted by molar-refractivity contribution is -0.110. The Balaban J connectivity index is 1.50. The van der Waals surface area contributed by atoms with Gasteiger partial charge in [-0.2, -0.15) is 5.26 Å². The number of unbranched alkanes of at least 4 members (excludes halogenated alkanes) is 1. The SMILES string of the molecule is CC(C)NC1CCC2(C)C(C1)CC(C#N)C1C3CCC(CCCC=O)C3CCC12. The van der Waals surface area contributed by atoms with Gasteiger partial charge in [0, 0.05) is 24.4 Å². The van der Waals surface area contributed by atoms with Crippen LogP contribution in [0.15, 0.2) is 0 Å². The third-order valence-corrected chi connectivity index (χ3v) is 9.81. The first-order chi connectivity index (χ1) is 14.0. The van der Waals surface area contributed by atoms with Gasteiger partial charge in [-0.1, -0.05) is 20.8 Å². The van der Waals surface area contributed by atoms with Crippen LogP contribution in [0.2, 0.25) is 0 Å². The van der Waals surface area contributed by atoms with E-state index in [-0.39, 0.29) is 5.92 Å². The molecule has 3 heteroatoms. The summed E-state index contributed by atoms with van der Waals surface area (Å²) in [6.45, 7) is 7.12. The van der Waals surface area contributed by atoms with Gasteiger partial charge in [0.25, 0.3) is 0 Å². The van der Waals surface area contributed by atoms with Crippen molar-refractivity contribution in [2.75, 3.05) is 0 Å². The van der Waals surface area contributed by atoms with Crippen LogP contribution in [0.25, 0.3) is 0 Å². The van der Waals surface area contributed by atoms with E-state index >= 15 is 0 Å². The molecule has 162 valence electrons. The normalized spacial score (nSPS) is 46.4. The van der Waals surface area contributed by atoms with Crippen LogP contribution in [-0.4, -0.2) is 18.4 Å². The maximum absolute atomic E-state index is 10.7. The summed E-state index contributed by atoms with van der Waals surface area (Å²) in [5.41, 5.74) is 0.452. The van der Waals surface area contributed by atoms with Gasteiger partial charge in [0.2, 0.25) is 0 Å². The zero-order chi connectivity index (χ0) is 20.6. The average molecular weight is 399 g/mol. The molecule has 9 atom stereocenters. The van der Waals surface area contributed by atoms with E-state index in [0.717, 1.165) is 55.1 Å². The summed E-state index contributed by atoms with van der Waals surface area (Å²) in [5, 5.41) is 14.0. The predicted octanol–water partition coefficient (Wildman–Crippen LogP) is 5.74. The summed E-state index contributed by atoms with van der Waals surface area (Å²) in [6.07, 6.45) is 14.6. The summed E-state index contributed by atoms with van der Waals surface area (Å²) >= 11 is 0. The zero-order valence-electron chi connectivity index (χ0n) is 18.9. The molecular formula is C26H42N2O. The van der Waals surface area contributed by atoms with Gasteiger partial charge in [-0.25, -0.2) is 0 Å². The zero-order valence-corrected chi connectivity index (χ0v) is 18.9. The predicted molar refractivity (Wildman–Crippen MR) is 117 cm³/mol. The first-order valence-electron chi connectivity index (χ1n) is 12.6. The van der Waals surface area contributed by atoms with Crippen LogP contribution in [0, 0.1) is 58.2 Å². The summed E-state index contributed by atoms with van der Waals surface area (Å²) < 4.78 is 0. The van der Waals surface area contributed by atoms with Crippen molar-refractivity contribution >= 4 is 6.29 Å². The summed E-state index contributed by atoms with van der Waals surface area (Å²) in [6, 6.07) is 4.02. The van der Waals surface area contributed by atoms with Gasteiger partial charge in [-0.05, 0) is 105 Å². The number of rotatable bonds is 6. The van der Waals surface area contributed by atoms with Crippen molar-refractivity contribution in [1.29, 1.82) is 5.26 Å². The molecule has 4 saturated carbocycles.